The van der Waals surface area contributed by atoms with E-state index >= 15 is 0 Å². The van der Waals surface area contributed by atoms with Crippen molar-refractivity contribution in [3.63, 3.8) is 0 Å². The number of hydrogen-bond donors (Lipinski definition) is 2. The van der Waals surface area contributed by atoms with Crippen molar-refractivity contribution in [1.29, 1.82) is 0 Å². The third-order valence-electron chi connectivity index (χ3n) is 5.85. The second-order valence-corrected chi connectivity index (χ2v) is 7.82. The van der Waals surface area contributed by atoms with Crippen LogP contribution in [0.5, 0.6) is 11.5 Å². The molecule has 0 bridgehead atoms. The number of likely N-dealkylation sites (tertiary alicyclic amines) is 1. The van der Waals surface area contributed by atoms with Crippen LogP contribution >= 0.6 is 0 Å². The Morgan fingerprint density at radius 3 is 2.69 bits per heavy atom. The van der Waals surface area contributed by atoms with Crippen molar-refractivity contribution >= 4 is 34.2 Å². The second-order valence-electron chi connectivity index (χ2n) is 7.82. The second kappa shape index (κ2) is 7.96. The fourth-order valence-electron chi connectivity index (χ4n) is 4.21. The largest absolute Gasteiger partial charge is 0.496 e. The number of ether oxygens (including phenoxy) is 2. The smallest absolute Gasteiger partial charge is 0.257 e. The quantitative estimate of drug-likeness (QED) is 0.636. The van der Waals surface area contributed by atoms with Crippen LogP contribution in [-0.2, 0) is 0 Å². The Labute approximate surface area is 184 Å². The normalized spacial score (nSPS) is 15.2. The topological polar surface area (TPSA) is 107 Å². The number of nitrogens with one attached hydrogen (secondary N) is 1. The maximum Gasteiger partial charge on any atom is 0.257 e. The Morgan fingerprint density at radius 2 is 1.94 bits per heavy atom. The van der Waals surface area contributed by atoms with Gasteiger partial charge in [-0.2, -0.15) is 0 Å². The first-order valence-electron chi connectivity index (χ1n) is 10.5. The first-order valence-corrected chi connectivity index (χ1v) is 10.5. The average Bonchev–Trinajstić information content (AvgIpc) is 3.48. The molecule has 32 heavy (non-hydrogen) atoms. The summed E-state index contributed by atoms with van der Waals surface area (Å²) in [5.41, 5.74) is 8.41. The summed E-state index contributed by atoms with van der Waals surface area (Å²) in [5, 5.41) is 4.00. The number of rotatable bonds is 5. The third-order valence-corrected chi connectivity index (χ3v) is 5.85. The van der Waals surface area contributed by atoms with Gasteiger partial charge in [0.1, 0.15) is 29.1 Å². The first-order chi connectivity index (χ1) is 15.5. The summed E-state index contributed by atoms with van der Waals surface area (Å²) in [4.78, 5) is 26.5. The molecule has 8 heteroatoms. The molecule has 0 radical (unpaired) electrons. The Kier molecular flexibility index (Phi) is 4.97. The van der Waals surface area contributed by atoms with Crippen molar-refractivity contribution in [2.24, 2.45) is 5.73 Å². The Bertz CT molecular complexity index is 1250. The number of amides is 2. The molecule has 0 spiro atoms. The number of fused-ring (bicyclic) bond motifs is 2. The van der Waals surface area contributed by atoms with Crippen LogP contribution < -0.4 is 20.5 Å². The van der Waals surface area contributed by atoms with E-state index in [0.717, 1.165) is 37.0 Å². The minimum absolute atomic E-state index is 0.00200. The molecule has 0 unspecified atom stereocenters. The summed E-state index contributed by atoms with van der Waals surface area (Å²) in [6.07, 6.45) is 5.47. The predicted octanol–water partition coefficient (Wildman–Crippen LogP) is 3.62. The van der Waals surface area contributed by atoms with Gasteiger partial charge in [-0.05, 0) is 37.1 Å². The number of hydrogen-bond acceptors (Lipinski definition) is 6. The van der Waals surface area contributed by atoms with E-state index in [2.05, 4.69) is 5.32 Å². The van der Waals surface area contributed by atoms with Gasteiger partial charge in [0.25, 0.3) is 11.8 Å². The molecule has 8 nitrogen and oxygen atoms in total. The van der Waals surface area contributed by atoms with Gasteiger partial charge in [0.2, 0.25) is 0 Å². The number of nitrogens with zero attached hydrogens (tertiary/aromatic N) is 1. The highest BCUT2D eigenvalue weighted by Gasteiger charge is 2.24. The van der Waals surface area contributed by atoms with Gasteiger partial charge in [-0.15, -0.1) is 0 Å². The molecule has 164 valence electrons. The molecule has 2 aromatic carbocycles. The molecule has 2 aliphatic heterocycles. The summed E-state index contributed by atoms with van der Waals surface area (Å²) in [6, 6.07) is 8.80. The minimum atomic E-state index is -0.582. The Morgan fingerprint density at radius 1 is 1.12 bits per heavy atom. The molecule has 2 aliphatic rings. The molecular weight excluding hydrogens is 410 g/mol. The summed E-state index contributed by atoms with van der Waals surface area (Å²) in [5.74, 6) is 0.961. The summed E-state index contributed by atoms with van der Waals surface area (Å²) >= 11 is 0. The van der Waals surface area contributed by atoms with Gasteiger partial charge in [0.15, 0.2) is 0 Å². The van der Waals surface area contributed by atoms with Crippen LogP contribution in [0.1, 0.15) is 39.1 Å². The standard InChI is InChI=1S/C24H23N3O5/c1-30-21-12-19-16(11-17(21)23(25)28)20(6-7-26-19)32-14-4-5-15-18(13-31-22(15)10-14)24(29)27-8-2-3-9-27/h4-6,10-13,26H,2-3,7-9H2,1H3,(H2,25,28). The lowest BCUT2D eigenvalue weighted by atomic mass is 10.0. The van der Waals surface area contributed by atoms with E-state index < -0.39 is 5.91 Å². The minimum Gasteiger partial charge on any atom is -0.496 e. The zero-order chi connectivity index (χ0) is 22.2. The van der Waals surface area contributed by atoms with Crippen LogP contribution in [0.4, 0.5) is 5.69 Å². The van der Waals surface area contributed by atoms with Gasteiger partial charge in [-0.3, -0.25) is 9.59 Å². The molecule has 1 aromatic heterocycles. The highest BCUT2D eigenvalue weighted by atomic mass is 16.5. The van der Waals surface area contributed by atoms with E-state index in [1.807, 2.05) is 17.0 Å². The van der Waals surface area contributed by atoms with Crippen molar-refractivity contribution in [2.45, 2.75) is 12.8 Å². The van der Waals surface area contributed by atoms with E-state index in [1.54, 1.807) is 24.3 Å². The van der Waals surface area contributed by atoms with Crippen molar-refractivity contribution < 1.29 is 23.5 Å². The Hall–Kier alpha value is -3.94. The molecule has 0 saturated carbocycles. The molecule has 3 heterocycles. The van der Waals surface area contributed by atoms with E-state index in [1.165, 1.54) is 13.4 Å². The third kappa shape index (κ3) is 3.43. The van der Waals surface area contributed by atoms with Crippen LogP contribution in [0.15, 0.2) is 47.1 Å². The lowest BCUT2D eigenvalue weighted by Gasteiger charge is -2.21. The molecule has 1 saturated heterocycles. The summed E-state index contributed by atoms with van der Waals surface area (Å²) in [7, 11) is 1.49. The van der Waals surface area contributed by atoms with Gasteiger partial charge >= 0.3 is 0 Å². The number of primary amides is 1. The van der Waals surface area contributed by atoms with Gasteiger partial charge in [0, 0.05) is 48.4 Å². The number of nitrogens with two attached hydrogens (primary N) is 1. The fourth-order valence-corrected chi connectivity index (χ4v) is 4.21. The molecular formula is C24H23N3O5. The van der Waals surface area contributed by atoms with Crippen molar-refractivity contribution in [2.75, 3.05) is 32.1 Å². The van der Waals surface area contributed by atoms with Crippen molar-refractivity contribution in [3.05, 3.63) is 59.4 Å². The van der Waals surface area contributed by atoms with Gasteiger partial charge in [-0.25, -0.2) is 0 Å². The number of methoxy groups -OCH3 is 1. The van der Waals surface area contributed by atoms with Crippen LogP contribution in [0, 0.1) is 0 Å². The lowest BCUT2D eigenvalue weighted by molar-refractivity contribution is 0.0793. The lowest BCUT2D eigenvalue weighted by Crippen LogP contribution is -2.27. The molecule has 0 aliphatic carbocycles. The van der Waals surface area contributed by atoms with Crippen LogP contribution in [0.25, 0.3) is 16.7 Å². The number of benzene rings is 2. The maximum atomic E-state index is 12.8. The number of carbonyl (C=O) groups is 2. The zero-order valence-electron chi connectivity index (χ0n) is 17.6. The molecule has 5 rings (SSSR count). The first kappa shape index (κ1) is 20.0. The SMILES string of the molecule is COc1cc2c(cc1C(N)=O)C(Oc1ccc3c(C(=O)N4CCCC4)coc3c1)=CCN2. The van der Waals surface area contributed by atoms with Gasteiger partial charge < -0.3 is 29.8 Å². The maximum absolute atomic E-state index is 12.8. The average molecular weight is 433 g/mol. The number of carbonyl (C=O) groups excluding carboxylic acids is 2. The molecule has 3 N–H and O–H groups in total. The predicted molar refractivity (Wildman–Crippen MR) is 120 cm³/mol. The zero-order valence-corrected chi connectivity index (χ0v) is 17.6. The van der Waals surface area contributed by atoms with Crippen molar-refractivity contribution in [3.8, 4) is 11.5 Å². The molecule has 1 fully saturated rings. The summed E-state index contributed by atoms with van der Waals surface area (Å²) < 4.78 is 17.1. The van der Waals surface area contributed by atoms with Crippen LogP contribution in [-0.4, -0.2) is 43.5 Å². The molecule has 3 aromatic rings. The van der Waals surface area contributed by atoms with E-state index in [-0.39, 0.29) is 11.5 Å². The molecule has 2 amide bonds. The highest BCUT2D eigenvalue weighted by Crippen LogP contribution is 2.36. The monoisotopic (exact) mass is 433 g/mol. The number of furan rings is 1. The Balaban J connectivity index is 1.44. The van der Waals surface area contributed by atoms with Gasteiger partial charge in [0.05, 0.1) is 18.2 Å². The van der Waals surface area contributed by atoms with Crippen LogP contribution in [0.2, 0.25) is 0 Å². The van der Waals surface area contributed by atoms with E-state index in [0.29, 0.717) is 40.5 Å². The summed E-state index contributed by atoms with van der Waals surface area (Å²) in [6.45, 7) is 2.12. The van der Waals surface area contributed by atoms with Crippen LogP contribution in [0.3, 0.4) is 0 Å². The van der Waals surface area contributed by atoms with E-state index in [4.69, 9.17) is 19.6 Å². The van der Waals surface area contributed by atoms with Gasteiger partial charge in [-0.1, -0.05) is 0 Å². The fraction of sp³-hybridized carbons (Fsp3) is 0.250. The molecule has 0 atom stereocenters. The number of anilines is 1. The van der Waals surface area contributed by atoms with Crippen molar-refractivity contribution in [1.82, 2.24) is 4.90 Å². The highest BCUT2D eigenvalue weighted by molar-refractivity contribution is 6.06. The van der Waals surface area contributed by atoms with E-state index in [9.17, 15) is 9.59 Å².